The van der Waals surface area contributed by atoms with Crippen molar-refractivity contribution in [3.63, 3.8) is 0 Å². The molecule has 0 rings (SSSR count). The third-order valence-corrected chi connectivity index (χ3v) is 1.23. The van der Waals surface area contributed by atoms with Crippen molar-refractivity contribution < 1.29 is 0 Å². The molecular formula is C12H20. The summed E-state index contributed by atoms with van der Waals surface area (Å²) in [5.41, 5.74) is 2.34. The van der Waals surface area contributed by atoms with E-state index in [1.807, 2.05) is 52.0 Å². The molecule has 0 heteroatoms. The smallest absolute Gasteiger partial charge is 0.0401 e. The molecule has 68 valence electrons. The molecule has 0 radical (unpaired) electrons. The first-order valence-corrected chi connectivity index (χ1v) is 4.12. The Morgan fingerprint density at radius 2 is 1.67 bits per heavy atom. The van der Waals surface area contributed by atoms with E-state index in [-0.39, 0.29) is 0 Å². The molecule has 0 nitrogen and oxygen atoms in total. The van der Waals surface area contributed by atoms with Crippen LogP contribution in [-0.4, -0.2) is 0 Å². The maximum absolute atomic E-state index is 3.66. The van der Waals surface area contributed by atoms with E-state index >= 15 is 0 Å². The number of hydrogen-bond acceptors (Lipinski definition) is 0. The fraction of sp³-hybridized carbons (Fsp3) is 0.333. The van der Waals surface area contributed by atoms with E-state index in [0.717, 1.165) is 5.57 Å². The fourth-order valence-corrected chi connectivity index (χ4v) is 0.402. The van der Waals surface area contributed by atoms with Crippen LogP contribution in [0.4, 0.5) is 0 Å². The molecule has 12 heavy (non-hydrogen) atoms. The van der Waals surface area contributed by atoms with E-state index in [2.05, 4.69) is 13.2 Å². The zero-order valence-electron chi connectivity index (χ0n) is 8.72. The Morgan fingerprint density at radius 3 is 1.67 bits per heavy atom. The highest BCUT2D eigenvalue weighted by Gasteiger charge is 1.66. The quantitative estimate of drug-likeness (QED) is 0.534. The molecule has 0 bridgehead atoms. The highest BCUT2D eigenvalue weighted by Crippen LogP contribution is 1.88. The maximum Gasteiger partial charge on any atom is -0.0401 e. The second kappa shape index (κ2) is 9.96. The standard InChI is InChI=1S/2C6H10/c1-4-5-6(2)3;1-4-6(3)5-2/h4-5H,2H2,1,3H3;4-5H,1H2,2-3H3. The van der Waals surface area contributed by atoms with Crippen LogP contribution < -0.4 is 0 Å². The lowest BCUT2D eigenvalue weighted by molar-refractivity contribution is 1.49. The van der Waals surface area contributed by atoms with Crippen LogP contribution in [0.1, 0.15) is 27.7 Å². The number of rotatable bonds is 2. The molecule has 0 unspecified atom stereocenters. The molecule has 0 aliphatic heterocycles. The molecule has 0 N–H and O–H groups in total. The average molecular weight is 164 g/mol. The summed E-state index contributed by atoms with van der Waals surface area (Å²) in [5, 5.41) is 0. The first-order chi connectivity index (χ1) is 5.58. The summed E-state index contributed by atoms with van der Waals surface area (Å²) in [7, 11) is 0. The van der Waals surface area contributed by atoms with Crippen molar-refractivity contribution in [3.8, 4) is 0 Å². The minimum atomic E-state index is 1.11. The van der Waals surface area contributed by atoms with Gasteiger partial charge >= 0.3 is 0 Å². The van der Waals surface area contributed by atoms with Crippen LogP contribution >= 0.6 is 0 Å². The van der Waals surface area contributed by atoms with E-state index in [0.29, 0.717) is 0 Å². The van der Waals surface area contributed by atoms with E-state index < -0.39 is 0 Å². The number of allylic oxidation sites excluding steroid dienone is 6. The molecule has 0 aromatic rings. The van der Waals surface area contributed by atoms with Crippen molar-refractivity contribution in [1.82, 2.24) is 0 Å². The molecule has 0 heterocycles. The Morgan fingerprint density at radius 1 is 1.17 bits per heavy atom. The van der Waals surface area contributed by atoms with E-state index in [1.54, 1.807) is 0 Å². The summed E-state index contributed by atoms with van der Waals surface area (Å²) < 4.78 is 0. The van der Waals surface area contributed by atoms with Crippen molar-refractivity contribution in [2.75, 3.05) is 0 Å². The summed E-state index contributed by atoms with van der Waals surface area (Å²) in [5.74, 6) is 0. The van der Waals surface area contributed by atoms with Crippen LogP contribution in [0.3, 0.4) is 0 Å². The van der Waals surface area contributed by atoms with Gasteiger partial charge in [-0.2, -0.15) is 0 Å². The van der Waals surface area contributed by atoms with Crippen molar-refractivity contribution >= 4 is 0 Å². The van der Waals surface area contributed by atoms with Gasteiger partial charge in [-0.1, -0.05) is 48.6 Å². The third kappa shape index (κ3) is 16.0. The van der Waals surface area contributed by atoms with Crippen molar-refractivity contribution in [2.24, 2.45) is 0 Å². The van der Waals surface area contributed by atoms with Gasteiger partial charge in [0.2, 0.25) is 0 Å². The van der Waals surface area contributed by atoms with Crippen LogP contribution in [0.5, 0.6) is 0 Å². The molecule has 0 aromatic carbocycles. The monoisotopic (exact) mass is 164 g/mol. The van der Waals surface area contributed by atoms with Crippen molar-refractivity contribution in [1.29, 1.82) is 0 Å². The molecule has 0 saturated carbocycles. The second-order valence-corrected chi connectivity index (χ2v) is 2.58. The minimum Gasteiger partial charge on any atom is -0.0988 e. The molecule has 0 spiro atoms. The number of hydrogen-bond donors (Lipinski definition) is 0. The normalized spacial score (nSPS) is 10.5. The van der Waals surface area contributed by atoms with E-state index in [4.69, 9.17) is 0 Å². The molecule has 0 saturated heterocycles. The highest BCUT2D eigenvalue weighted by atomic mass is 13.7. The summed E-state index contributed by atoms with van der Waals surface area (Å²) >= 11 is 0. The van der Waals surface area contributed by atoms with Gasteiger partial charge in [0.25, 0.3) is 0 Å². The van der Waals surface area contributed by atoms with Crippen molar-refractivity contribution in [3.05, 3.63) is 48.6 Å². The Hall–Kier alpha value is -1.04. The molecule has 0 aliphatic carbocycles. The Bertz CT molecular complexity index is 180. The second-order valence-electron chi connectivity index (χ2n) is 2.58. The van der Waals surface area contributed by atoms with Gasteiger partial charge in [0.05, 0.1) is 0 Å². The SMILES string of the molecule is C=C(C)C=CC.C=CC(C)=CC. The van der Waals surface area contributed by atoms with E-state index in [9.17, 15) is 0 Å². The van der Waals surface area contributed by atoms with Gasteiger partial charge in [0, 0.05) is 0 Å². The molecule has 0 aliphatic rings. The third-order valence-electron chi connectivity index (χ3n) is 1.23. The summed E-state index contributed by atoms with van der Waals surface area (Å²) in [6.07, 6.45) is 7.80. The lowest BCUT2D eigenvalue weighted by Crippen LogP contribution is -1.57. The first-order valence-electron chi connectivity index (χ1n) is 4.12. The van der Waals surface area contributed by atoms with Crippen LogP contribution in [-0.2, 0) is 0 Å². The zero-order valence-corrected chi connectivity index (χ0v) is 8.72. The Balaban J connectivity index is 0. The van der Waals surface area contributed by atoms with Gasteiger partial charge in [-0.15, -0.1) is 0 Å². The molecule has 0 amide bonds. The molecule has 0 fully saturated rings. The average Bonchev–Trinajstić information content (AvgIpc) is 2.04. The molecular weight excluding hydrogens is 144 g/mol. The van der Waals surface area contributed by atoms with Crippen molar-refractivity contribution in [2.45, 2.75) is 27.7 Å². The Kier molecular flexibility index (Phi) is 11.2. The van der Waals surface area contributed by atoms with Crippen LogP contribution in [0, 0.1) is 0 Å². The summed E-state index contributed by atoms with van der Waals surface area (Å²) in [6.45, 7) is 15.2. The summed E-state index contributed by atoms with van der Waals surface area (Å²) in [6, 6.07) is 0. The lowest BCUT2D eigenvalue weighted by atomic mass is 10.3. The van der Waals surface area contributed by atoms with Crippen LogP contribution in [0.15, 0.2) is 48.6 Å². The van der Waals surface area contributed by atoms with E-state index in [1.165, 1.54) is 5.57 Å². The van der Waals surface area contributed by atoms with Gasteiger partial charge in [0.1, 0.15) is 0 Å². The predicted octanol–water partition coefficient (Wildman–Crippen LogP) is 4.28. The largest absolute Gasteiger partial charge is 0.0988 e. The van der Waals surface area contributed by atoms with Gasteiger partial charge in [0.15, 0.2) is 0 Å². The lowest BCUT2D eigenvalue weighted by Gasteiger charge is -1.78. The van der Waals surface area contributed by atoms with Gasteiger partial charge in [-0.3, -0.25) is 0 Å². The summed E-state index contributed by atoms with van der Waals surface area (Å²) in [4.78, 5) is 0. The maximum atomic E-state index is 3.66. The molecule has 0 aromatic heterocycles. The minimum absolute atomic E-state index is 1.11. The highest BCUT2D eigenvalue weighted by molar-refractivity contribution is 5.10. The zero-order chi connectivity index (χ0) is 9.98. The Labute approximate surface area is 77.0 Å². The van der Waals surface area contributed by atoms with Crippen LogP contribution in [0.25, 0.3) is 0 Å². The topological polar surface area (TPSA) is 0 Å². The predicted molar refractivity (Wildman–Crippen MR) is 59.3 cm³/mol. The van der Waals surface area contributed by atoms with Gasteiger partial charge < -0.3 is 0 Å². The van der Waals surface area contributed by atoms with Crippen LogP contribution in [0.2, 0.25) is 0 Å². The van der Waals surface area contributed by atoms with Gasteiger partial charge in [-0.05, 0) is 27.7 Å². The first kappa shape index (κ1) is 13.5. The molecule has 0 atom stereocenters. The fourth-order valence-electron chi connectivity index (χ4n) is 0.402. The van der Waals surface area contributed by atoms with Gasteiger partial charge in [-0.25, -0.2) is 0 Å².